The normalized spacial score (nSPS) is 11.1. The van der Waals surface area contributed by atoms with Crippen LogP contribution in [0.25, 0.3) is 0 Å². The molecule has 5 nitrogen and oxygen atoms in total. The van der Waals surface area contributed by atoms with Gasteiger partial charge in [-0.05, 0) is 42.8 Å². The lowest BCUT2D eigenvalue weighted by atomic mass is 10.2. The first-order valence-electron chi connectivity index (χ1n) is 5.95. The highest BCUT2D eigenvalue weighted by molar-refractivity contribution is 7.92. The van der Waals surface area contributed by atoms with Crippen LogP contribution in [-0.4, -0.2) is 15.5 Å². The molecule has 0 aliphatic rings. The summed E-state index contributed by atoms with van der Waals surface area (Å²) in [6.45, 7) is 1.90. The summed E-state index contributed by atoms with van der Waals surface area (Å²) >= 11 is 0. The van der Waals surface area contributed by atoms with Crippen LogP contribution in [0.5, 0.6) is 5.75 Å². The maximum atomic E-state index is 12.3. The third-order valence-corrected chi connectivity index (χ3v) is 4.13. The van der Waals surface area contributed by atoms with E-state index in [1.807, 2.05) is 6.92 Å². The summed E-state index contributed by atoms with van der Waals surface area (Å²) in [6.07, 6.45) is 0. The highest BCUT2D eigenvalue weighted by atomic mass is 32.2. The summed E-state index contributed by atoms with van der Waals surface area (Å²) in [4.78, 5) is 0.111. The van der Waals surface area contributed by atoms with Gasteiger partial charge in [0.1, 0.15) is 5.75 Å². The van der Waals surface area contributed by atoms with Crippen LogP contribution in [0.1, 0.15) is 5.56 Å². The van der Waals surface area contributed by atoms with E-state index in [1.54, 1.807) is 30.3 Å². The first kappa shape index (κ1) is 14.2. The van der Waals surface area contributed by atoms with Gasteiger partial charge in [-0.2, -0.15) is 0 Å². The Morgan fingerprint density at radius 1 is 1.15 bits per heavy atom. The van der Waals surface area contributed by atoms with Gasteiger partial charge in [-0.15, -0.1) is 0 Å². The van der Waals surface area contributed by atoms with Crippen molar-refractivity contribution in [3.05, 3.63) is 48.0 Å². The van der Waals surface area contributed by atoms with Crippen molar-refractivity contribution in [1.82, 2.24) is 0 Å². The Hall–Kier alpha value is -2.21. The number of methoxy groups -OCH3 is 1. The van der Waals surface area contributed by atoms with E-state index in [1.165, 1.54) is 19.2 Å². The quantitative estimate of drug-likeness (QED) is 0.848. The molecule has 106 valence electrons. The molecule has 0 aliphatic carbocycles. The van der Waals surface area contributed by atoms with Crippen molar-refractivity contribution in [3.8, 4) is 5.75 Å². The molecule has 2 aromatic carbocycles. The number of sulfonamides is 1. The van der Waals surface area contributed by atoms with E-state index in [0.29, 0.717) is 17.1 Å². The standard InChI is InChI=1S/C14H16N2O3S/c1-10-6-7-13(14(8-10)19-2)16-20(17,18)12-5-3-4-11(15)9-12/h3-9,16H,15H2,1-2H3. The molecule has 0 aliphatic heterocycles. The molecule has 0 unspecified atom stereocenters. The van der Waals surface area contributed by atoms with Crippen LogP contribution < -0.4 is 15.2 Å². The molecule has 3 N–H and O–H groups in total. The molecular weight excluding hydrogens is 276 g/mol. The van der Waals surface area contributed by atoms with Crippen LogP contribution in [0.4, 0.5) is 11.4 Å². The summed E-state index contributed by atoms with van der Waals surface area (Å²) in [5.74, 6) is 0.470. The van der Waals surface area contributed by atoms with E-state index in [-0.39, 0.29) is 4.90 Å². The summed E-state index contributed by atoms with van der Waals surface area (Å²) in [6, 6.07) is 11.3. The molecular formula is C14H16N2O3S. The van der Waals surface area contributed by atoms with Crippen LogP contribution in [-0.2, 0) is 10.0 Å². The van der Waals surface area contributed by atoms with Crippen LogP contribution in [0.3, 0.4) is 0 Å². The highest BCUT2D eigenvalue weighted by Gasteiger charge is 2.16. The van der Waals surface area contributed by atoms with E-state index >= 15 is 0 Å². The highest BCUT2D eigenvalue weighted by Crippen LogP contribution is 2.28. The van der Waals surface area contributed by atoms with E-state index in [2.05, 4.69) is 4.72 Å². The number of nitrogen functional groups attached to an aromatic ring is 1. The average molecular weight is 292 g/mol. The molecule has 2 rings (SSSR count). The molecule has 0 saturated heterocycles. The van der Waals surface area contributed by atoms with E-state index in [0.717, 1.165) is 5.56 Å². The molecule has 0 atom stereocenters. The summed E-state index contributed by atoms with van der Waals surface area (Å²) in [7, 11) is -2.20. The van der Waals surface area contributed by atoms with Gasteiger partial charge in [-0.25, -0.2) is 8.42 Å². The van der Waals surface area contributed by atoms with Gasteiger partial charge in [-0.1, -0.05) is 12.1 Å². The Morgan fingerprint density at radius 3 is 2.55 bits per heavy atom. The first-order valence-corrected chi connectivity index (χ1v) is 7.44. The number of rotatable bonds is 4. The maximum Gasteiger partial charge on any atom is 0.262 e. The van der Waals surface area contributed by atoms with E-state index < -0.39 is 10.0 Å². The van der Waals surface area contributed by atoms with Gasteiger partial charge in [0.2, 0.25) is 0 Å². The fourth-order valence-corrected chi connectivity index (χ4v) is 2.89. The fourth-order valence-electron chi connectivity index (χ4n) is 1.77. The summed E-state index contributed by atoms with van der Waals surface area (Å²) in [5.41, 5.74) is 7.37. The molecule has 0 heterocycles. The second-order valence-corrected chi connectivity index (χ2v) is 6.06. The topological polar surface area (TPSA) is 81.4 Å². The second kappa shape index (κ2) is 5.42. The predicted molar refractivity (Wildman–Crippen MR) is 79.4 cm³/mol. The average Bonchev–Trinajstić information content (AvgIpc) is 2.40. The van der Waals surface area contributed by atoms with Gasteiger partial charge in [0.25, 0.3) is 10.0 Å². The molecule has 0 bridgehead atoms. The van der Waals surface area contributed by atoms with Gasteiger partial charge in [0, 0.05) is 5.69 Å². The number of aryl methyl sites for hydroxylation is 1. The zero-order valence-corrected chi connectivity index (χ0v) is 12.1. The lowest BCUT2D eigenvalue weighted by Crippen LogP contribution is -2.14. The largest absolute Gasteiger partial charge is 0.495 e. The number of hydrogen-bond acceptors (Lipinski definition) is 4. The van der Waals surface area contributed by atoms with Gasteiger partial charge >= 0.3 is 0 Å². The Morgan fingerprint density at radius 2 is 1.90 bits per heavy atom. The van der Waals surface area contributed by atoms with Crippen molar-refractivity contribution >= 4 is 21.4 Å². The molecule has 0 fully saturated rings. The van der Waals surface area contributed by atoms with Crippen molar-refractivity contribution in [3.63, 3.8) is 0 Å². The van der Waals surface area contributed by atoms with Gasteiger partial charge < -0.3 is 10.5 Å². The van der Waals surface area contributed by atoms with Gasteiger partial charge in [0.05, 0.1) is 17.7 Å². The number of nitrogens with one attached hydrogen (secondary N) is 1. The second-order valence-electron chi connectivity index (χ2n) is 4.38. The minimum Gasteiger partial charge on any atom is -0.495 e. The monoisotopic (exact) mass is 292 g/mol. The SMILES string of the molecule is COc1cc(C)ccc1NS(=O)(=O)c1cccc(N)c1. The van der Waals surface area contributed by atoms with Gasteiger partial charge in [-0.3, -0.25) is 4.72 Å². The predicted octanol–water partition coefficient (Wildman–Crippen LogP) is 2.39. The zero-order valence-electron chi connectivity index (χ0n) is 11.3. The minimum absolute atomic E-state index is 0.111. The molecule has 2 aromatic rings. The summed E-state index contributed by atoms with van der Waals surface area (Å²) < 4.78 is 32.2. The molecule has 0 amide bonds. The Kier molecular flexibility index (Phi) is 3.85. The zero-order chi connectivity index (χ0) is 14.8. The molecule has 20 heavy (non-hydrogen) atoms. The van der Waals surface area contributed by atoms with Crippen molar-refractivity contribution in [2.75, 3.05) is 17.6 Å². The molecule has 0 radical (unpaired) electrons. The molecule has 0 aromatic heterocycles. The minimum atomic E-state index is -3.69. The smallest absolute Gasteiger partial charge is 0.262 e. The third kappa shape index (κ3) is 3.03. The van der Waals surface area contributed by atoms with Crippen LogP contribution in [0.15, 0.2) is 47.4 Å². The first-order chi connectivity index (χ1) is 9.42. The fraction of sp³-hybridized carbons (Fsp3) is 0.143. The number of anilines is 2. The van der Waals surface area contributed by atoms with Crippen LogP contribution in [0, 0.1) is 6.92 Å². The van der Waals surface area contributed by atoms with Crippen molar-refractivity contribution in [1.29, 1.82) is 0 Å². The van der Waals surface area contributed by atoms with Crippen LogP contribution >= 0.6 is 0 Å². The lowest BCUT2D eigenvalue weighted by Gasteiger charge is -2.12. The lowest BCUT2D eigenvalue weighted by molar-refractivity contribution is 0.416. The molecule has 0 saturated carbocycles. The molecule has 6 heteroatoms. The Balaban J connectivity index is 2.38. The van der Waals surface area contributed by atoms with E-state index in [9.17, 15) is 8.42 Å². The van der Waals surface area contributed by atoms with Crippen molar-refractivity contribution in [2.45, 2.75) is 11.8 Å². The number of ether oxygens (including phenoxy) is 1. The summed E-state index contributed by atoms with van der Waals surface area (Å²) in [5, 5.41) is 0. The Bertz CT molecular complexity index is 727. The van der Waals surface area contributed by atoms with Crippen molar-refractivity contribution < 1.29 is 13.2 Å². The maximum absolute atomic E-state index is 12.3. The van der Waals surface area contributed by atoms with E-state index in [4.69, 9.17) is 10.5 Å². The number of nitrogens with two attached hydrogens (primary N) is 1. The van der Waals surface area contributed by atoms with Gasteiger partial charge in [0.15, 0.2) is 0 Å². The molecule has 0 spiro atoms. The number of benzene rings is 2. The van der Waals surface area contributed by atoms with Crippen LogP contribution in [0.2, 0.25) is 0 Å². The third-order valence-electron chi connectivity index (χ3n) is 2.77. The van der Waals surface area contributed by atoms with Crippen molar-refractivity contribution in [2.24, 2.45) is 0 Å². The number of hydrogen-bond donors (Lipinski definition) is 2. The Labute approximate surface area is 118 Å².